The first kappa shape index (κ1) is 21.6. The standard InChI is InChI=1S/C26H20F2N2O4/c1-29-12-13-34-21-11-4-16(14-20(21)29)24(31)22-23(15-2-5-17(27)6-3-15)30(26(33)25(22)32)19-9-7-18(28)8-10-19/h2-11,14,23,31H,12-13H2,1H3/b24-22-. The Morgan fingerprint density at radius 3 is 2.29 bits per heavy atom. The highest BCUT2D eigenvalue weighted by Crippen LogP contribution is 2.43. The summed E-state index contributed by atoms with van der Waals surface area (Å²) >= 11 is 0. The molecule has 0 bridgehead atoms. The lowest BCUT2D eigenvalue weighted by Crippen LogP contribution is -2.29. The summed E-state index contributed by atoms with van der Waals surface area (Å²) < 4.78 is 32.8. The maximum absolute atomic E-state index is 13.6. The fourth-order valence-electron chi connectivity index (χ4n) is 4.31. The molecule has 1 atom stereocenters. The number of Topliss-reactive ketones (excluding diaryl/α,β-unsaturated/α-hetero) is 1. The van der Waals surface area contributed by atoms with Gasteiger partial charge in [-0.3, -0.25) is 14.5 Å². The highest BCUT2D eigenvalue weighted by molar-refractivity contribution is 6.51. The zero-order valence-corrected chi connectivity index (χ0v) is 18.2. The molecule has 0 aromatic heterocycles. The maximum Gasteiger partial charge on any atom is 0.300 e. The van der Waals surface area contributed by atoms with Crippen molar-refractivity contribution < 1.29 is 28.2 Å². The van der Waals surface area contributed by atoms with Crippen LogP contribution >= 0.6 is 0 Å². The molecule has 0 radical (unpaired) electrons. The number of carbonyl (C=O) groups excluding carboxylic acids is 2. The first-order valence-electron chi connectivity index (χ1n) is 10.7. The number of ether oxygens (including phenoxy) is 1. The van der Waals surface area contributed by atoms with E-state index in [-0.39, 0.29) is 17.0 Å². The van der Waals surface area contributed by atoms with Gasteiger partial charge in [-0.2, -0.15) is 0 Å². The van der Waals surface area contributed by atoms with Gasteiger partial charge in [-0.1, -0.05) is 12.1 Å². The molecule has 1 N–H and O–H groups in total. The van der Waals surface area contributed by atoms with Crippen LogP contribution in [0.2, 0.25) is 0 Å². The molecule has 0 saturated carbocycles. The Labute approximate surface area is 194 Å². The Morgan fingerprint density at radius 2 is 1.62 bits per heavy atom. The van der Waals surface area contributed by atoms with Gasteiger partial charge in [-0.15, -0.1) is 0 Å². The normalized spacial score (nSPS) is 19.2. The summed E-state index contributed by atoms with van der Waals surface area (Å²) in [6, 6.07) is 14.4. The molecule has 1 amide bonds. The molecule has 6 nitrogen and oxygen atoms in total. The van der Waals surface area contributed by atoms with Crippen LogP contribution in [-0.2, 0) is 9.59 Å². The lowest BCUT2D eigenvalue weighted by molar-refractivity contribution is -0.132. The zero-order valence-electron chi connectivity index (χ0n) is 18.2. The van der Waals surface area contributed by atoms with Crippen LogP contribution in [0, 0.1) is 11.6 Å². The van der Waals surface area contributed by atoms with Crippen LogP contribution in [0.1, 0.15) is 17.2 Å². The molecule has 34 heavy (non-hydrogen) atoms. The third-order valence-electron chi connectivity index (χ3n) is 6.06. The topological polar surface area (TPSA) is 70.1 Å². The summed E-state index contributed by atoms with van der Waals surface area (Å²) in [4.78, 5) is 29.4. The fraction of sp³-hybridized carbons (Fsp3) is 0.154. The van der Waals surface area contributed by atoms with Crippen LogP contribution in [0.5, 0.6) is 5.75 Å². The van der Waals surface area contributed by atoms with E-state index in [1.165, 1.54) is 53.4 Å². The molecule has 2 heterocycles. The van der Waals surface area contributed by atoms with Gasteiger partial charge in [0.05, 0.1) is 23.8 Å². The van der Waals surface area contributed by atoms with Crippen LogP contribution in [0.25, 0.3) is 5.76 Å². The number of aliphatic hydroxyl groups excluding tert-OH is 1. The van der Waals surface area contributed by atoms with Crippen LogP contribution in [0.15, 0.2) is 72.3 Å². The average Bonchev–Trinajstić information content (AvgIpc) is 3.10. The van der Waals surface area contributed by atoms with Crippen LogP contribution < -0.4 is 14.5 Å². The van der Waals surface area contributed by atoms with Gasteiger partial charge in [0.25, 0.3) is 11.7 Å². The van der Waals surface area contributed by atoms with Crippen molar-refractivity contribution in [3.8, 4) is 5.75 Å². The lowest BCUT2D eigenvalue weighted by Gasteiger charge is -2.28. The van der Waals surface area contributed by atoms with E-state index >= 15 is 0 Å². The number of rotatable bonds is 3. The third kappa shape index (κ3) is 3.57. The highest BCUT2D eigenvalue weighted by atomic mass is 19.1. The van der Waals surface area contributed by atoms with Gasteiger partial charge in [0.2, 0.25) is 0 Å². The molecule has 8 heteroatoms. The van der Waals surface area contributed by atoms with E-state index < -0.39 is 29.4 Å². The molecular weight excluding hydrogens is 442 g/mol. The highest BCUT2D eigenvalue weighted by Gasteiger charge is 2.47. The molecule has 5 rings (SSSR count). The summed E-state index contributed by atoms with van der Waals surface area (Å²) in [5.74, 6) is -2.47. The van der Waals surface area contributed by atoms with Gasteiger partial charge < -0.3 is 14.7 Å². The SMILES string of the molecule is CN1CCOc2ccc(/C(O)=C3/C(=O)C(=O)N(c4ccc(F)cc4)C3c3ccc(F)cc3)cc21. The number of nitrogens with zero attached hydrogens (tertiary/aromatic N) is 2. The quantitative estimate of drug-likeness (QED) is 0.355. The van der Waals surface area contributed by atoms with E-state index in [0.717, 1.165) is 5.69 Å². The van der Waals surface area contributed by atoms with Crippen molar-refractivity contribution in [1.82, 2.24) is 0 Å². The van der Waals surface area contributed by atoms with Crippen molar-refractivity contribution in [3.63, 3.8) is 0 Å². The molecule has 172 valence electrons. The number of aliphatic hydroxyl groups is 1. The Hall–Kier alpha value is -4.20. The summed E-state index contributed by atoms with van der Waals surface area (Å²) in [5, 5.41) is 11.3. The number of halogens is 2. The molecule has 1 fully saturated rings. The van der Waals surface area contributed by atoms with E-state index in [2.05, 4.69) is 0 Å². The molecule has 3 aromatic rings. The first-order chi connectivity index (χ1) is 16.3. The average molecular weight is 462 g/mol. The summed E-state index contributed by atoms with van der Waals surface area (Å²) in [6.07, 6.45) is 0. The molecular formula is C26H20F2N2O4. The van der Waals surface area contributed by atoms with Crippen LogP contribution in [0.4, 0.5) is 20.2 Å². The van der Waals surface area contributed by atoms with Gasteiger partial charge in [0.1, 0.15) is 29.8 Å². The predicted octanol–water partition coefficient (Wildman–Crippen LogP) is 4.42. The number of carbonyl (C=O) groups is 2. The number of hydrogen-bond acceptors (Lipinski definition) is 5. The van der Waals surface area contributed by atoms with Gasteiger partial charge in [0, 0.05) is 18.3 Å². The monoisotopic (exact) mass is 462 g/mol. The van der Waals surface area contributed by atoms with Crippen molar-refractivity contribution >= 4 is 28.8 Å². The summed E-state index contributed by atoms with van der Waals surface area (Å²) in [5.41, 5.74) is 1.63. The van der Waals surface area contributed by atoms with Crippen LogP contribution in [-0.4, -0.2) is 37.0 Å². The second-order valence-electron chi connectivity index (χ2n) is 8.15. The number of amides is 1. The minimum Gasteiger partial charge on any atom is -0.507 e. The Balaban J connectivity index is 1.69. The third-order valence-corrected chi connectivity index (χ3v) is 6.06. The lowest BCUT2D eigenvalue weighted by atomic mass is 9.94. The van der Waals surface area contributed by atoms with Gasteiger partial charge >= 0.3 is 0 Å². The maximum atomic E-state index is 13.6. The minimum atomic E-state index is -1.03. The van der Waals surface area contributed by atoms with Crippen molar-refractivity contribution in [2.24, 2.45) is 0 Å². The first-order valence-corrected chi connectivity index (χ1v) is 10.7. The minimum absolute atomic E-state index is 0.139. The smallest absolute Gasteiger partial charge is 0.300 e. The Morgan fingerprint density at radius 1 is 0.971 bits per heavy atom. The van der Waals surface area contributed by atoms with Gasteiger partial charge in [-0.05, 0) is 60.2 Å². The predicted molar refractivity (Wildman–Crippen MR) is 123 cm³/mol. The molecule has 2 aliphatic rings. The number of likely N-dealkylation sites (N-methyl/N-ethyl adjacent to an activating group) is 1. The molecule has 1 saturated heterocycles. The van der Waals surface area contributed by atoms with Gasteiger partial charge in [0.15, 0.2) is 0 Å². The fourth-order valence-corrected chi connectivity index (χ4v) is 4.31. The molecule has 0 aliphatic carbocycles. The summed E-state index contributed by atoms with van der Waals surface area (Å²) in [6.45, 7) is 1.18. The van der Waals surface area contributed by atoms with Gasteiger partial charge in [-0.25, -0.2) is 8.78 Å². The number of fused-ring (bicyclic) bond motifs is 1. The number of ketones is 1. The van der Waals surface area contributed by atoms with E-state index in [9.17, 15) is 23.5 Å². The van der Waals surface area contributed by atoms with Crippen LogP contribution in [0.3, 0.4) is 0 Å². The van der Waals surface area contributed by atoms with E-state index in [0.29, 0.717) is 30.0 Å². The summed E-state index contributed by atoms with van der Waals surface area (Å²) in [7, 11) is 1.89. The number of hydrogen-bond donors (Lipinski definition) is 1. The zero-order chi connectivity index (χ0) is 24.0. The Kier molecular flexibility index (Phi) is 5.28. The number of anilines is 2. The van der Waals surface area contributed by atoms with Crippen molar-refractivity contribution in [2.45, 2.75) is 6.04 Å². The Bertz CT molecular complexity index is 1320. The van der Waals surface area contributed by atoms with E-state index in [1.54, 1.807) is 18.2 Å². The second kappa shape index (κ2) is 8.30. The van der Waals surface area contributed by atoms with E-state index in [4.69, 9.17) is 4.74 Å². The largest absolute Gasteiger partial charge is 0.507 e. The second-order valence-corrected chi connectivity index (χ2v) is 8.15. The molecule has 2 aliphatic heterocycles. The van der Waals surface area contributed by atoms with E-state index in [1.807, 2.05) is 11.9 Å². The number of benzene rings is 3. The molecule has 3 aromatic carbocycles. The van der Waals surface area contributed by atoms with Crippen molar-refractivity contribution in [2.75, 3.05) is 30.0 Å². The molecule has 0 spiro atoms. The van der Waals surface area contributed by atoms with Crippen molar-refractivity contribution in [1.29, 1.82) is 0 Å². The molecule has 1 unspecified atom stereocenters. The van der Waals surface area contributed by atoms with Crippen molar-refractivity contribution in [3.05, 3.63) is 95.1 Å².